The molecule has 0 radical (unpaired) electrons. The first-order valence-corrected chi connectivity index (χ1v) is 11.4. The molecule has 0 aliphatic heterocycles. The number of benzene rings is 2. The van der Waals surface area contributed by atoms with Crippen molar-refractivity contribution in [1.82, 2.24) is 5.32 Å². The number of amides is 2. The highest BCUT2D eigenvalue weighted by Gasteiger charge is 2.39. The number of ether oxygens (including phenoxy) is 4. The van der Waals surface area contributed by atoms with E-state index in [0.717, 1.165) is 12.0 Å². The minimum absolute atomic E-state index is 0.00379. The number of hydrogen-bond acceptors (Lipinski definition) is 8. The lowest BCUT2D eigenvalue weighted by atomic mass is 10.1. The molecule has 0 spiro atoms. The standard InChI is InChI=1S/C26H30N2O8/c1-15-10-17(15)24(30)28-19-13-22(34-3)21(33-2)12-18(19)25(31)36-14-23(29)27-20(26(32)35-4)11-16-8-6-5-7-9-16/h5-9,12-13,15,17,20H,10-11,14H2,1-4H3,(H,27,29)(H,28,30). The van der Waals surface area contributed by atoms with Crippen molar-refractivity contribution >= 4 is 29.4 Å². The third-order valence-electron chi connectivity index (χ3n) is 5.89. The summed E-state index contributed by atoms with van der Waals surface area (Å²) in [5.41, 5.74) is 0.996. The second kappa shape index (κ2) is 12.1. The van der Waals surface area contributed by atoms with Crippen LogP contribution in [0.1, 0.15) is 29.3 Å². The van der Waals surface area contributed by atoms with Crippen LogP contribution in [-0.2, 0) is 30.3 Å². The fourth-order valence-electron chi connectivity index (χ4n) is 3.69. The Morgan fingerprint density at radius 3 is 2.22 bits per heavy atom. The van der Waals surface area contributed by atoms with E-state index in [2.05, 4.69) is 10.6 Å². The molecule has 0 bridgehead atoms. The van der Waals surface area contributed by atoms with E-state index in [1.807, 2.05) is 37.3 Å². The van der Waals surface area contributed by atoms with Gasteiger partial charge in [0.25, 0.3) is 5.91 Å². The molecule has 3 atom stereocenters. The number of nitrogens with one attached hydrogen (secondary N) is 2. The Morgan fingerprint density at radius 1 is 1.00 bits per heavy atom. The van der Waals surface area contributed by atoms with E-state index in [-0.39, 0.29) is 41.2 Å². The van der Waals surface area contributed by atoms with Crippen molar-refractivity contribution in [3.63, 3.8) is 0 Å². The van der Waals surface area contributed by atoms with E-state index in [1.165, 1.54) is 33.5 Å². The monoisotopic (exact) mass is 498 g/mol. The molecule has 1 saturated carbocycles. The Kier molecular flexibility index (Phi) is 8.88. The molecule has 0 heterocycles. The molecule has 1 aliphatic rings. The van der Waals surface area contributed by atoms with Gasteiger partial charge in [-0.2, -0.15) is 0 Å². The fourth-order valence-corrected chi connectivity index (χ4v) is 3.69. The molecule has 3 unspecified atom stereocenters. The van der Waals surface area contributed by atoms with Crippen LogP contribution in [0.15, 0.2) is 42.5 Å². The number of hydrogen-bond donors (Lipinski definition) is 2. The van der Waals surface area contributed by atoms with Gasteiger partial charge in [-0.3, -0.25) is 9.59 Å². The van der Waals surface area contributed by atoms with Crippen molar-refractivity contribution in [3.8, 4) is 11.5 Å². The highest BCUT2D eigenvalue weighted by atomic mass is 16.5. The van der Waals surface area contributed by atoms with Gasteiger partial charge in [-0.25, -0.2) is 9.59 Å². The molecular formula is C26H30N2O8. The summed E-state index contributed by atoms with van der Waals surface area (Å²) in [6.45, 7) is 1.31. The van der Waals surface area contributed by atoms with Gasteiger partial charge in [0.15, 0.2) is 18.1 Å². The molecule has 1 aliphatic carbocycles. The lowest BCUT2D eigenvalue weighted by Crippen LogP contribution is -2.44. The molecule has 2 N–H and O–H groups in total. The Bertz CT molecular complexity index is 1120. The Labute approximate surface area is 209 Å². The second-order valence-corrected chi connectivity index (χ2v) is 8.47. The van der Waals surface area contributed by atoms with Gasteiger partial charge in [0, 0.05) is 24.5 Å². The maximum Gasteiger partial charge on any atom is 0.340 e. The Balaban J connectivity index is 1.70. The lowest BCUT2D eigenvalue weighted by molar-refractivity contribution is -0.145. The molecule has 3 rings (SSSR count). The molecule has 1 fully saturated rings. The average Bonchev–Trinajstić information content (AvgIpc) is 3.63. The summed E-state index contributed by atoms with van der Waals surface area (Å²) in [6, 6.07) is 11.0. The minimum Gasteiger partial charge on any atom is -0.493 e. The van der Waals surface area contributed by atoms with Gasteiger partial charge in [-0.1, -0.05) is 37.3 Å². The van der Waals surface area contributed by atoms with Crippen LogP contribution in [0.5, 0.6) is 11.5 Å². The fraction of sp³-hybridized carbons (Fsp3) is 0.385. The summed E-state index contributed by atoms with van der Waals surface area (Å²) in [5, 5.41) is 5.28. The largest absolute Gasteiger partial charge is 0.493 e. The molecule has 10 heteroatoms. The van der Waals surface area contributed by atoms with Crippen molar-refractivity contribution in [1.29, 1.82) is 0 Å². The Hall–Kier alpha value is -4.08. The summed E-state index contributed by atoms with van der Waals surface area (Å²) in [4.78, 5) is 50.1. The first-order chi connectivity index (χ1) is 17.3. The highest BCUT2D eigenvalue weighted by Crippen LogP contribution is 2.40. The topological polar surface area (TPSA) is 129 Å². The number of rotatable bonds is 11. The average molecular weight is 499 g/mol. The second-order valence-electron chi connectivity index (χ2n) is 8.47. The van der Waals surface area contributed by atoms with Crippen LogP contribution >= 0.6 is 0 Å². The first-order valence-electron chi connectivity index (χ1n) is 11.4. The van der Waals surface area contributed by atoms with Crippen LogP contribution in [0.2, 0.25) is 0 Å². The van der Waals surface area contributed by atoms with E-state index in [1.54, 1.807) is 0 Å². The quantitative estimate of drug-likeness (QED) is 0.452. The van der Waals surface area contributed by atoms with E-state index in [9.17, 15) is 19.2 Å². The maximum atomic E-state index is 12.9. The van der Waals surface area contributed by atoms with Crippen molar-refractivity contribution in [2.24, 2.45) is 11.8 Å². The molecule has 36 heavy (non-hydrogen) atoms. The molecule has 10 nitrogen and oxygen atoms in total. The number of carbonyl (C=O) groups is 4. The number of methoxy groups -OCH3 is 3. The van der Waals surface area contributed by atoms with E-state index in [0.29, 0.717) is 5.75 Å². The minimum atomic E-state index is -0.958. The van der Waals surface area contributed by atoms with Gasteiger partial charge in [-0.05, 0) is 17.9 Å². The van der Waals surface area contributed by atoms with Crippen LogP contribution < -0.4 is 20.1 Å². The number of anilines is 1. The van der Waals surface area contributed by atoms with Gasteiger partial charge < -0.3 is 29.6 Å². The predicted octanol–water partition coefficient (Wildman–Crippen LogP) is 2.36. The summed E-state index contributed by atoms with van der Waals surface area (Å²) in [5.74, 6) is -1.69. The molecule has 2 amide bonds. The van der Waals surface area contributed by atoms with Gasteiger partial charge in [0.05, 0.1) is 32.6 Å². The van der Waals surface area contributed by atoms with Gasteiger partial charge in [-0.15, -0.1) is 0 Å². The van der Waals surface area contributed by atoms with Crippen LogP contribution in [0.25, 0.3) is 0 Å². The lowest BCUT2D eigenvalue weighted by Gasteiger charge is -2.17. The van der Waals surface area contributed by atoms with Crippen molar-refractivity contribution in [3.05, 3.63) is 53.6 Å². The van der Waals surface area contributed by atoms with Crippen molar-refractivity contribution in [2.45, 2.75) is 25.8 Å². The normalized spacial score (nSPS) is 16.8. The number of esters is 2. The molecule has 0 saturated heterocycles. The molecule has 2 aromatic carbocycles. The molecule has 2 aromatic rings. The van der Waals surface area contributed by atoms with Gasteiger partial charge >= 0.3 is 11.9 Å². The highest BCUT2D eigenvalue weighted by molar-refractivity contribution is 6.04. The summed E-state index contributed by atoms with van der Waals surface area (Å²) >= 11 is 0. The SMILES string of the molecule is COC(=O)C(Cc1ccccc1)NC(=O)COC(=O)c1cc(OC)c(OC)cc1NC(=O)C1CC1C. The van der Waals surface area contributed by atoms with Crippen LogP contribution in [0.4, 0.5) is 5.69 Å². The smallest absolute Gasteiger partial charge is 0.340 e. The number of carbonyl (C=O) groups excluding carboxylic acids is 4. The Morgan fingerprint density at radius 2 is 1.64 bits per heavy atom. The molecular weight excluding hydrogens is 468 g/mol. The summed E-state index contributed by atoms with van der Waals surface area (Å²) in [6.07, 6.45) is 0.974. The van der Waals surface area contributed by atoms with Crippen molar-refractivity contribution < 1.29 is 38.1 Å². The van der Waals surface area contributed by atoms with Gasteiger partial charge in [0.2, 0.25) is 5.91 Å². The zero-order chi connectivity index (χ0) is 26.2. The van der Waals surface area contributed by atoms with Crippen LogP contribution in [0.3, 0.4) is 0 Å². The van der Waals surface area contributed by atoms with E-state index in [4.69, 9.17) is 18.9 Å². The van der Waals surface area contributed by atoms with E-state index >= 15 is 0 Å². The maximum absolute atomic E-state index is 12.9. The molecule has 192 valence electrons. The third-order valence-corrected chi connectivity index (χ3v) is 5.89. The third kappa shape index (κ3) is 6.74. The van der Waals surface area contributed by atoms with Crippen LogP contribution in [-0.4, -0.2) is 57.7 Å². The predicted molar refractivity (Wildman–Crippen MR) is 130 cm³/mol. The van der Waals surface area contributed by atoms with E-state index < -0.39 is 30.5 Å². The summed E-state index contributed by atoms with van der Waals surface area (Å²) < 4.78 is 20.5. The van der Waals surface area contributed by atoms with Crippen molar-refractivity contribution in [2.75, 3.05) is 33.3 Å². The zero-order valence-corrected chi connectivity index (χ0v) is 20.7. The zero-order valence-electron chi connectivity index (χ0n) is 20.7. The van der Waals surface area contributed by atoms with Gasteiger partial charge in [0.1, 0.15) is 6.04 Å². The van der Waals surface area contributed by atoms with Crippen LogP contribution in [0, 0.1) is 11.8 Å². The first kappa shape index (κ1) is 26.5. The molecule has 0 aromatic heterocycles. The summed E-state index contributed by atoms with van der Waals surface area (Å²) in [7, 11) is 4.06.